The normalized spacial score (nSPS) is 30.0. The molecule has 2 aromatic rings. The standard InChI is InChI=1S/C24H27F2N3O3/c1-2-20-21(28-24(32-20)29-10-12-3-4-13(12)11-29)23(30)27-16-8-18(25)22(19(26)9-16)31-17-6-14-5-15(14)7-17/h8-9,12-15,17H,2-7,10-11H2,1H3,(H,27,30). The van der Waals surface area contributed by atoms with Crippen LogP contribution in [0, 0.1) is 35.3 Å². The summed E-state index contributed by atoms with van der Waals surface area (Å²) in [5.74, 6) is 0.614. The van der Waals surface area contributed by atoms with Crippen molar-refractivity contribution in [3.8, 4) is 5.75 Å². The number of carbonyl (C=O) groups is 1. The topological polar surface area (TPSA) is 67.6 Å². The summed E-state index contributed by atoms with van der Waals surface area (Å²) in [6, 6.07) is 2.64. The lowest BCUT2D eigenvalue weighted by molar-refractivity contribution is 0.102. The molecule has 0 bridgehead atoms. The van der Waals surface area contributed by atoms with Crippen molar-refractivity contribution in [2.45, 2.75) is 51.6 Å². The smallest absolute Gasteiger partial charge is 0.298 e. The number of benzene rings is 1. The average molecular weight is 443 g/mol. The predicted molar refractivity (Wildman–Crippen MR) is 114 cm³/mol. The lowest BCUT2D eigenvalue weighted by Crippen LogP contribution is -2.22. The Bertz CT molecular complexity index is 1030. The summed E-state index contributed by atoms with van der Waals surface area (Å²) in [7, 11) is 0. The molecule has 3 saturated carbocycles. The van der Waals surface area contributed by atoms with Crippen LogP contribution in [0.15, 0.2) is 16.5 Å². The van der Waals surface area contributed by atoms with Crippen LogP contribution in [-0.2, 0) is 6.42 Å². The largest absolute Gasteiger partial charge is 0.484 e. The Kier molecular flexibility index (Phi) is 4.66. The summed E-state index contributed by atoms with van der Waals surface area (Å²) in [4.78, 5) is 19.4. The molecule has 6 nitrogen and oxygen atoms in total. The van der Waals surface area contributed by atoms with Gasteiger partial charge in [0, 0.05) is 37.3 Å². The number of aromatic nitrogens is 1. The molecule has 1 aromatic heterocycles. The summed E-state index contributed by atoms with van der Waals surface area (Å²) >= 11 is 0. The van der Waals surface area contributed by atoms with E-state index in [0.717, 1.165) is 38.1 Å². The summed E-state index contributed by atoms with van der Waals surface area (Å²) in [5, 5.41) is 2.57. The number of ether oxygens (including phenoxy) is 1. The average Bonchev–Trinajstić information content (AvgIpc) is 3.08. The molecular weight excluding hydrogens is 416 g/mol. The molecule has 1 aliphatic heterocycles. The van der Waals surface area contributed by atoms with Gasteiger partial charge in [-0.25, -0.2) is 8.78 Å². The van der Waals surface area contributed by atoms with Gasteiger partial charge < -0.3 is 19.4 Å². The van der Waals surface area contributed by atoms with E-state index in [0.29, 0.717) is 41.9 Å². The van der Waals surface area contributed by atoms with E-state index in [2.05, 4.69) is 15.2 Å². The van der Waals surface area contributed by atoms with Crippen LogP contribution in [0.3, 0.4) is 0 Å². The monoisotopic (exact) mass is 443 g/mol. The number of hydrogen-bond acceptors (Lipinski definition) is 5. The van der Waals surface area contributed by atoms with Crippen LogP contribution in [0.25, 0.3) is 0 Å². The van der Waals surface area contributed by atoms with Crippen molar-refractivity contribution in [2.24, 2.45) is 23.7 Å². The number of hydrogen-bond donors (Lipinski definition) is 1. The van der Waals surface area contributed by atoms with Gasteiger partial charge in [-0.2, -0.15) is 4.98 Å². The van der Waals surface area contributed by atoms with Crippen molar-refractivity contribution in [3.63, 3.8) is 0 Å². The Hall–Kier alpha value is -2.64. The van der Waals surface area contributed by atoms with Crippen LogP contribution in [0.2, 0.25) is 0 Å². The first kappa shape index (κ1) is 20.0. The van der Waals surface area contributed by atoms with Gasteiger partial charge in [-0.15, -0.1) is 0 Å². The molecule has 4 unspecified atom stereocenters. The summed E-state index contributed by atoms with van der Waals surface area (Å²) < 4.78 is 40.7. The fourth-order valence-corrected chi connectivity index (χ4v) is 5.66. The van der Waals surface area contributed by atoms with Gasteiger partial charge in [-0.05, 0) is 55.8 Å². The summed E-state index contributed by atoms with van der Waals surface area (Å²) in [6.07, 6.45) is 5.74. The van der Waals surface area contributed by atoms with E-state index in [1.54, 1.807) is 0 Å². The summed E-state index contributed by atoms with van der Waals surface area (Å²) in [5.41, 5.74) is 0.186. The van der Waals surface area contributed by atoms with Crippen LogP contribution in [0.5, 0.6) is 5.75 Å². The van der Waals surface area contributed by atoms with Gasteiger partial charge >= 0.3 is 0 Å². The highest BCUT2D eigenvalue weighted by Crippen LogP contribution is 2.52. The minimum Gasteiger partial charge on any atom is -0.484 e. The summed E-state index contributed by atoms with van der Waals surface area (Å²) in [6.45, 7) is 3.68. The van der Waals surface area contributed by atoms with Gasteiger partial charge in [0.05, 0.1) is 6.10 Å². The Labute approximate surface area is 185 Å². The van der Waals surface area contributed by atoms with Crippen molar-refractivity contribution < 1.29 is 22.7 Å². The quantitative estimate of drug-likeness (QED) is 0.695. The van der Waals surface area contributed by atoms with Crippen LogP contribution in [0.4, 0.5) is 20.5 Å². The van der Waals surface area contributed by atoms with Crippen molar-refractivity contribution >= 4 is 17.6 Å². The Morgan fingerprint density at radius 1 is 1.12 bits per heavy atom. The van der Waals surface area contributed by atoms with E-state index in [9.17, 15) is 13.6 Å². The fraction of sp³-hybridized carbons (Fsp3) is 0.583. The lowest BCUT2D eigenvalue weighted by atomic mass is 9.77. The molecule has 0 radical (unpaired) electrons. The van der Waals surface area contributed by atoms with Gasteiger partial charge in [-0.3, -0.25) is 4.79 Å². The molecule has 4 fully saturated rings. The van der Waals surface area contributed by atoms with E-state index >= 15 is 0 Å². The molecule has 1 aromatic carbocycles. The number of halogens is 2. The molecule has 4 atom stereocenters. The highest BCUT2D eigenvalue weighted by atomic mass is 19.1. The molecule has 2 heterocycles. The second-order valence-electron chi connectivity index (χ2n) is 9.81. The van der Waals surface area contributed by atoms with Gasteiger partial charge in [0.1, 0.15) is 5.76 Å². The zero-order valence-electron chi connectivity index (χ0n) is 18.1. The second kappa shape index (κ2) is 7.46. The van der Waals surface area contributed by atoms with Crippen LogP contribution < -0.4 is 15.0 Å². The molecule has 8 heteroatoms. The van der Waals surface area contributed by atoms with Crippen molar-refractivity contribution in [3.05, 3.63) is 35.2 Å². The van der Waals surface area contributed by atoms with E-state index in [-0.39, 0.29) is 23.2 Å². The predicted octanol–water partition coefficient (Wildman–Crippen LogP) is 4.79. The third-order valence-corrected chi connectivity index (χ3v) is 7.72. The highest BCUT2D eigenvalue weighted by Gasteiger charge is 2.47. The zero-order chi connectivity index (χ0) is 22.0. The number of fused-ring (bicyclic) bond motifs is 2. The van der Waals surface area contributed by atoms with E-state index in [1.807, 2.05) is 6.92 Å². The van der Waals surface area contributed by atoms with Gasteiger partial charge in [0.25, 0.3) is 11.9 Å². The SMILES string of the molecule is CCc1oc(N2CC3CCC3C2)nc1C(=O)Nc1cc(F)c(OC2CC3CC3C2)c(F)c1. The molecule has 6 rings (SSSR count). The molecule has 1 amide bonds. The van der Waals surface area contributed by atoms with Crippen LogP contribution >= 0.6 is 0 Å². The Morgan fingerprint density at radius 3 is 2.38 bits per heavy atom. The lowest BCUT2D eigenvalue weighted by Gasteiger charge is -2.27. The first-order valence-electron chi connectivity index (χ1n) is 11.7. The molecular formula is C24H27F2N3O3. The number of amides is 1. The first-order chi connectivity index (χ1) is 15.5. The molecule has 32 heavy (non-hydrogen) atoms. The molecule has 1 saturated heterocycles. The molecule has 1 N–H and O–H groups in total. The number of aryl methyl sites for hydroxylation is 1. The molecule has 170 valence electrons. The van der Waals surface area contributed by atoms with E-state index in [4.69, 9.17) is 9.15 Å². The first-order valence-corrected chi connectivity index (χ1v) is 11.7. The number of rotatable bonds is 6. The van der Waals surface area contributed by atoms with Gasteiger partial charge in [0.2, 0.25) is 0 Å². The Balaban J connectivity index is 1.17. The Morgan fingerprint density at radius 2 is 1.78 bits per heavy atom. The van der Waals surface area contributed by atoms with Crippen molar-refractivity contribution in [2.75, 3.05) is 23.3 Å². The molecule has 3 aliphatic carbocycles. The molecule has 4 aliphatic rings. The zero-order valence-corrected chi connectivity index (χ0v) is 18.1. The number of anilines is 2. The van der Waals surface area contributed by atoms with Crippen molar-refractivity contribution in [1.82, 2.24) is 4.98 Å². The minimum absolute atomic E-state index is 0.0254. The second-order valence-corrected chi connectivity index (χ2v) is 9.81. The fourth-order valence-electron chi connectivity index (χ4n) is 5.66. The van der Waals surface area contributed by atoms with Crippen LogP contribution in [0.1, 0.15) is 55.3 Å². The van der Waals surface area contributed by atoms with Gasteiger partial charge in [0.15, 0.2) is 23.1 Å². The maximum atomic E-state index is 14.6. The molecule has 0 spiro atoms. The minimum atomic E-state index is -0.815. The number of carbonyl (C=O) groups excluding carboxylic acids is 1. The maximum absolute atomic E-state index is 14.6. The van der Waals surface area contributed by atoms with E-state index in [1.165, 1.54) is 19.3 Å². The van der Waals surface area contributed by atoms with E-state index < -0.39 is 17.5 Å². The van der Waals surface area contributed by atoms with Crippen LogP contribution in [-0.4, -0.2) is 30.1 Å². The number of nitrogens with zero attached hydrogens (tertiary/aromatic N) is 2. The number of nitrogens with one attached hydrogen (secondary N) is 1. The maximum Gasteiger partial charge on any atom is 0.298 e. The highest BCUT2D eigenvalue weighted by molar-refractivity contribution is 6.03. The van der Waals surface area contributed by atoms with Gasteiger partial charge in [-0.1, -0.05) is 6.92 Å². The third kappa shape index (κ3) is 3.44. The number of oxazole rings is 1. The third-order valence-electron chi connectivity index (χ3n) is 7.72. The van der Waals surface area contributed by atoms with Crippen molar-refractivity contribution in [1.29, 1.82) is 0 Å².